The molecule has 39 heavy (non-hydrogen) atoms. The van der Waals surface area contributed by atoms with Crippen LogP contribution in [-0.2, 0) is 6.54 Å². The molecule has 1 N–H and O–H groups in total. The third-order valence-corrected chi connectivity index (χ3v) is 9.63. The first kappa shape index (κ1) is 26.7. The van der Waals surface area contributed by atoms with E-state index < -0.39 is 0 Å². The molecule has 2 aromatic carbocycles. The normalized spacial score (nSPS) is 22.3. The molecule has 6 rings (SSSR count). The van der Waals surface area contributed by atoms with E-state index in [4.69, 9.17) is 4.74 Å². The predicted octanol–water partition coefficient (Wildman–Crippen LogP) is 5.90. The van der Waals surface area contributed by atoms with Crippen LogP contribution in [0.5, 0.6) is 5.75 Å². The molecule has 2 aliphatic heterocycles. The zero-order valence-electron chi connectivity index (χ0n) is 23.0. The molecule has 0 saturated heterocycles. The maximum atomic E-state index is 14.5. The molecule has 3 aliphatic rings. The summed E-state index contributed by atoms with van der Waals surface area (Å²) in [5.41, 5.74) is 5.18. The molecule has 4 bridgehead atoms. The van der Waals surface area contributed by atoms with E-state index in [2.05, 4.69) is 45.3 Å². The van der Waals surface area contributed by atoms with E-state index in [1.807, 2.05) is 12.1 Å². The second-order valence-corrected chi connectivity index (χ2v) is 12.4. The van der Waals surface area contributed by atoms with Gasteiger partial charge < -0.3 is 14.2 Å². The number of halogens is 1. The Bertz CT molecular complexity index is 1350. The molecule has 0 spiro atoms. The van der Waals surface area contributed by atoms with Crippen molar-refractivity contribution in [1.82, 2.24) is 19.1 Å². The van der Waals surface area contributed by atoms with Crippen LogP contribution in [0.4, 0.5) is 4.39 Å². The van der Waals surface area contributed by atoms with Crippen molar-refractivity contribution in [2.24, 2.45) is 0 Å². The maximum Gasteiger partial charge on any atom is 0.261 e. The standard InChI is InChI=1S/C31H39FN4O2S/c1-34-13-6-16-39-33-31(37)22-9-11-25-27(17-22)36-19-24(35(2)15-14-34)20-38-28-18-23(32)10-12-26(28)30(36)29(25)21-7-4-3-5-8-21/h9-12,17-18,21,24H,3-8,13-16,19-20H2,1-2H3,(H,33,37)/t24-/m1/s1. The van der Waals surface area contributed by atoms with Crippen molar-refractivity contribution >= 4 is 28.8 Å². The van der Waals surface area contributed by atoms with Gasteiger partial charge in [-0.2, -0.15) is 0 Å². The van der Waals surface area contributed by atoms with Gasteiger partial charge in [0.15, 0.2) is 0 Å². The molecule has 8 heteroatoms. The van der Waals surface area contributed by atoms with Crippen LogP contribution >= 0.6 is 11.9 Å². The Kier molecular flexibility index (Phi) is 7.87. The Labute approximate surface area is 235 Å². The number of amides is 1. The number of benzene rings is 2. The van der Waals surface area contributed by atoms with E-state index >= 15 is 0 Å². The van der Waals surface area contributed by atoms with E-state index in [-0.39, 0.29) is 17.8 Å². The summed E-state index contributed by atoms with van der Waals surface area (Å²) in [6, 6.07) is 11.3. The third kappa shape index (κ3) is 5.43. The second-order valence-electron chi connectivity index (χ2n) is 11.5. The maximum absolute atomic E-state index is 14.5. The van der Waals surface area contributed by atoms with Crippen molar-refractivity contribution in [3.63, 3.8) is 0 Å². The Hall–Kier alpha value is -2.55. The fraction of sp³-hybridized carbons (Fsp3) is 0.516. The summed E-state index contributed by atoms with van der Waals surface area (Å²) in [6.45, 7) is 4.07. The number of nitrogens with zero attached hydrogens (tertiary/aromatic N) is 3. The Morgan fingerprint density at radius 1 is 1.00 bits per heavy atom. The fourth-order valence-corrected chi connectivity index (χ4v) is 7.16. The van der Waals surface area contributed by atoms with E-state index in [0.29, 0.717) is 23.8 Å². The number of aromatic nitrogens is 1. The first-order valence-corrected chi connectivity index (χ1v) is 15.4. The van der Waals surface area contributed by atoms with Crippen molar-refractivity contribution in [2.45, 2.75) is 57.0 Å². The average molecular weight is 551 g/mol. The lowest BCUT2D eigenvalue weighted by molar-refractivity contribution is 0.0984. The summed E-state index contributed by atoms with van der Waals surface area (Å²) < 4.78 is 26.4. The van der Waals surface area contributed by atoms with Gasteiger partial charge in [0, 0.05) is 53.5 Å². The molecule has 6 nitrogen and oxygen atoms in total. The highest BCUT2D eigenvalue weighted by Gasteiger charge is 2.32. The molecule has 1 atom stereocenters. The quantitative estimate of drug-likeness (QED) is 0.382. The number of nitrogens with one attached hydrogen (secondary N) is 1. The van der Waals surface area contributed by atoms with Gasteiger partial charge in [0.1, 0.15) is 18.2 Å². The summed E-state index contributed by atoms with van der Waals surface area (Å²) in [4.78, 5) is 17.9. The van der Waals surface area contributed by atoms with E-state index in [9.17, 15) is 9.18 Å². The van der Waals surface area contributed by atoms with Gasteiger partial charge in [0.25, 0.3) is 5.91 Å². The van der Waals surface area contributed by atoms with Gasteiger partial charge in [-0.1, -0.05) is 37.3 Å². The molecule has 3 heterocycles. The van der Waals surface area contributed by atoms with Crippen LogP contribution in [0.25, 0.3) is 22.2 Å². The van der Waals surface area contributed by atoms with Crippen LogP contribution < -0.4 is 9.46 Å². The van der Waals surface area contributed by atoms with Crippen molar-refractivity contribution in [2.75, 3.05) is 46.1 Å². The largest absolute Gasteiger partial charge is 0.491 e. The molecule has 1 saturated carbocycles. The van der Waals surface area contributed by atoms with Crippen molar-refractivity contribution in [3.05, 3.63) is 53.3 Å². The van der Waals surface area contributed by atoms with Crippen LogP contribution in [0.15, 0.2) is 36.4 Å². The number of rotatable bonds is 1. The Morgan fingerprint density at radius 3 is 2.69 bits per heavy atom. The van der Waals surface area contributed by atoms with Gasteiger partial charge in [0.05, 0.1) is 11.7 Å². The molecule has 0 radical (unpaired) electrons. The molecule has 208 valence electrons. The van der Waals surface area contributed by atoms with Crippen LogP contribution in [0, 0.1) is 5.82 Å². The molecule has 1 amide bonds. The highest BCUT2D eigenvalue weighted by atomic mass is 32.2. The number of carbonyl (C=O) groups excluding carboxylic acids is 1. The number of hydrogen-bond acceptors (Lipinski definition) is 5. The highest BCUT2D eigenvalue weighted by Crippen LogP contribution is 2.47. The van der Waals surface area contributed by atoms with Crippen LogP contribution in [0.3, 0.4) is 0 Å². The number of hydrogen-bond donors (Lipinski definition) is 1. The van der Waals surface area contributed by atoms with Gasteiger partial charge in [-0.15, -0.1) is 0 Å². The first-order chi connectivity index (χ1) is 19.0. The van der Waals surface area contributed by atoms with Gasteiger partial charge in [-0.3, -0.25) is 14.4 Å². The minimum Gasteiger partial charge on any atom is -0.491 e. The van der Waals surface area contributed by atoms with Crippen molar-refractivity contribution in [1.29, 1.82) is 0 Å². The van der Waals surface area contributed by atoms with Crippen molar-refractivity contribution < 1.29 is 13.9 Å². The van der Waals surface area contributed by atoms with Gasteiger partial charge in [0.2, 0.25) is 0 Å². The Morgan fingerprint density at radius 2 is 1.85 bits per heavy atom. The highest BCUT2D eigenvalue weighted by molar-refractivity contribution is 7.97. The third-order valence-electron chi connectivity index (χ3n) is 8.81. The van der Waals surface area contributed by atoms with Crippen LogP contribution in [-0.4, -0.2) is 72.4 Å². The number of fused-ring (bicyclic) bond motifs is 4. The smallest absolute Gasteiger partial charge is 0.261 e. The van der Waals surface area contributed by atoms with Gasteiger partial charge in [-0.05, 0) is 75.6 Å². The molecular formula is C31H39FN4O2S. The van der Waals surface area contributed by atoms with E-state index in [0.717, 1.165) is 68.0 Å². The minimum atomic E-state index is -0.284. The average Bonchev–Trinajstić information content (AvgIpc) is 3.25. The summed E-state index contributed by atoms with van der Waals surface area (Å²) in [5, 5.41) is 1.21. The monoisotopic (exact) mass is 550 g/mol. The van der Waals surface area contributed by atoms with Gasteiger partial charge in [-0.25, -0.2) is 4.39 Å². The van der Waals surface area contributed by atoms with Crippen molar-refractivity contribution in [3.8, 4) is 17.0 Å². The SMILES string of the molecule is CN1CCCSNC(=O)c2ccc3c(C4CCCCC4)c4n(c3c2)C[C@H](COc2cc(F)ccc2-4)N(C)CC1. The van der Waals surface area contributed by atoms with Gasteiger partial charge >= 0.3 is 0 Å². The lowest BCUT2D eigenvalue weighted by Gasteiger charge is -2.33. The topological polar surface area (TPSA) is 49.7 Å². The molecule has 0 unspecified atom stereocenters. The lowest BCUT2D eigenvalue weighted by atomic mass is 9.81. The summed E-state index contributed by atoms with van der Waals surface area (Å²) in [5.74, 6) is 1.58. The minimum absolute atomic E-state index is 0.0533. The predicted molar refractivity (Wildman–Crippen MR) is 157 cm³/mol. The summed E-state index contributed by atoms with van der Waals surface area (Å²) >= 11 is 1.49. The number of likely N-dealkylation sites (N-methyl/N-ethyl adjacent to an activating group) is 2. The second kappa shape index (κ2) is 11.5. The zero-order valence-corrected chi connectivity index (χ0v) is 23.9. The first-order valence-electron chi connectivity index (χ1n) is 14.4. The molecule has 1 fully saturated rings. The fourth-order valence-electron chi connectivity index (χ4n) is 6.53. The number of ether oxygens (including phenoxy) is 1. The summed E-state index contributed by atoms with van der Waals surface area (Å²) in [7, 11) is 4.32. The van der Waals surface area contributed by atoms with Crippen LogP contribution in [0.1, 0.15) is 60.4 Å². The molecule has 3 aromatic rings. The van der Waals surface area contributed by atoms with E-state index in [1.165, 1.54) is 42.2 Å². The lowest BCUT2D eigenvalue weighted by Crippen LogP contribution is -2.44. The zero-order chi connectivity index (χ0) is 26.9. The summed E-state index contributed by atoms with van der Waals surface area (Å²) in [6.07, 6.45) is 7.03. The molecule has 1 aromatic heterocycles. The number of carbonyl (C=O) groups is 1. The van der Waals surface area contributed by atoms with E-state index in [1.54, 1.807) is 12.1 Å². The molecule has 1 aliphatic carbocycles. The molecular weight excluding hydrogens is 511 g/mol. The van der Waals surface area contributed by atoms with Crippen LogP contribution in [0.2, 0.25) is 0 Å². The Balaban J connectivity index is 1.57.